The van der Waals surface area contributed by atoms with Crippen LogP contribution < -0.4 is 0 Å². The number of aliphatic hydroxyl groups is 1. The molecule has 0 aliphatic carbocycles. The first kappa shape index (κ1) is 26.8. The van der Waals surface area contributed by atoms with Gasteiger partial charge in [0.05, 0.1) is 6.61 Å². The number of Topliss-reactive ketones (excluding diaryl/α,β-unsaturated/α-hetero) is 1. The van der Waals surface area contributed by atoms with Gasteiger partial charge in [0, 0.05) is 42.1 Å². The number of rotatable bonds is 7. The van der Waals surface area contributed by atoms with Gasteiger partial charge in [-0.1, -0.05) is 48.5 Å². The van der Waals surface area contributed by atoms with Crippen LogP contribution in [0.2, 0.25) is 0 Å². The molecule has 2 bridgehead atoms. The number of thiophene rings is 3. The molecule has 202 valence electrons. The lowest BCUT2D eigenvalue weighted by atomic mass is 10.0. The van der Waals surface area contributed by atoms with E-state index in [1.54, 1.807) is 40.9 Å². The molecule has 40 heavy (non-hydrogen) atoms. The summed E-state index contributed by atoms with van der Waals surface area (Å²) in [5, 5.41) is 9.92. The number of esters is 1. The topological polar surface area (TPSA) is 63.6 Å². The lowest BCUT2D eigenvalue weighted by Crippen LogP contribution is -2.07. The van der Waals surface area contributed by atoms with E-state index in [1.165, 1.54) is 25.1 Å². The monoisotopic (exact) mass is 584 g/mol. The fraction of sp³-hybridized carbons (Fsp3) is 0.212. The summed E-state index contributed by atoms with van der Waals surface area (Å²) in [5.74, 6) is -0.0000828. The van der Waals surface area contributed by atoms with Crippen LogP contribution in [0.5, 0.6) is 0 Å². The maximum Gasteiger partial charge on any atom is 0.306 e. The quantitative estimate of drug-likeness (QED) is 0.195. The molecule has 7 heteroatoms. The number of benzene rings is 2. The first-order valence-electron chi connectivity index (χ1n) is 13.3. The second-order valence-corrected chi connectivity index (χ2v) is 13.1. The van der Waals surface area contributed by atoms with Crippen LogP contribution >= 0.6 is 34.0 Å². The van der Waals surface area contributed by atoms with Crippen LogP contribution in [0, 0.1) is 0 Å². The Hall–Kier alpha value is -3.36. The number of hydrogen-bond acceptors (Lipinski definition) is 7. The Morgan fingerprint density at radius 2 is 1.48 bits per heavy atom. The van der Waals surface area contributed by atoms with Gasteiger partial charge in [-0.25, -0.2) is 0 Å². The number of cyclic esters (lactones) is 1. The molecule has 0 saturated carbocycles. The van der Waals surface area contributed by atoms with E-state index >= 15 is 0 Å². The van der Waals surface area contributed by atoms with Crippen molar-refractivity contribution >= 4 is 45.8 Å². The predicted molar refractivity (Wildman–Crippen MR) is 165 cm³/mol. The molecule has 2 aromatic carbocycles. The zero-order valence-corrected chi connectivity index (χ0v) is 24.5. The van der Waals surface area contributed by atoms with Crippen LogP contribution in [0.1, 0.15) is 42.0 Å². The molecule has 5 aromatic rings. The molecule has 0 fully saturated rings. The second-order valence-electron chi connectivity index (χ2n) is 9.93. The SMILES string of the molecule is CC(=O)CCc1cc(-c2ccccc2CO)sc1-c1ccc(-c2sc3cc2CCC(=O)OCc2ccccc2-3)s1. The average Bonchev–Trinajstić information content (AvgIpc) is 3.72. The van der Waals surface area contributed by atoms with Crippen LogP contribution in [-0.4, -0.2) is 16.9 Å². The molecule has 0 unspecified atom stereocenters. The number of carbonyl (C=O) groups excluding carboxylic acids is 2. The number of carbonyl (C=O) groups is 2. The van der Waals surface area contributed by atoms with Crippen LogP contribution in [-0.2, 0) is 40.4 Å². The Morgan fingerprint density at radius 3 is 2.27 bits per heavy atom. The van der Waals surface area contributed by atoms with Gasteiger partial charge in [-0.2, -0.15) is 0 Å². The summed E-state index contributed by atoms with van der Waals surface area (Å²) in [7, 11) is 0. The highest BCUT2D eigenvalue weighted by Crippen LogP contribution is 2.47. The summed E-state index contributed by atoms with van der Waals surface area (Å²) in [4.78, 5) is 31.3. The van der Waals surface area contributed by atoms with Crippen LogP contribution in [0.15, 0.2) is 72.8 Å². The number of aliphatic hydroxyl groups excluding tert-OH is 1. The van der Waals surface area contributed by atoms with Gasteiger partial charge in [-0.15, -0.1) is 34.0 Å². The van der Waals surface area contributed by atoms with E-state index in [0.717, 1.165) is 37.6 Å². The fourth-order valence-electron chi connectivity index (χ4n) is 5.06. The standard InChI is InChI=1S/C33H28O4S3/c1-20(35)10-11-21-16-29(25-8-4-2-6-23(25)18-34)39-32(21)27-13-14-28(38-27)33-22-12-15-31(36)37-19-24-7-3-5-9-26(24)30(17-22)40-33/h2-9,13-14,16-17,34H,10-12,15,18-19H2,1H3. The zero-order valence-electron chi connectivity index (χ0n) is 22.1. The number of hydrogen-bond donors (Lipinski definition) is 1. The predicted octanol–water partition coefficient (Wildman–Crippen LogP) is 8.54. The molecule has 4 nitrogen and oxygen atoms in total. The number of ketones is 1. The average molecular weight is 585 g/mol. The summed E-state index contributed by atoms with van der Waals surface area (Å²) in [6.07, 6.45) is 2.18. The van der Waals surface area contributed by atoms with Gasteiger partial charge in [0.1, 0.15) is 12.4 Å². The van der Waals surface area contributed by atoms with Crippen molar-refractivity contribution in [2.24, 2.45) is 0 Å². The van der Waals surface area contributed by atoms with Crippen molar-refractivity contribution in [3.05, 3.63) is 95.1 Å². The van der Waals surface area contributed by atoms with Gasteiger partial charge in [0.2, 0.25) is 0 Å². The van der Waals surface area contributed by atoms with Crippen molar-refractivity contribution in [2.75, 3.05) is 0 Å². The van der Waals surface area contributed by atoms with Gasteiger partial charge in [-0.05, 0) is 77.4 Å². The molecule has 1 aliphatic rings. The van der Waals surface area contributed by atoms with Crippen molar-refractivity contribution < 1.29 is 19.4 Å². The van der Waals surface area contributed by atoms with Crippen LogP contribution in [0.4, 0.5) is 0 Å². The highest BCUT2D eigenvalue weighted by atomic mass is 32.1. The first-order chi connectivity index (χ1) is 19.5. The number of ether oxygens (including phenoxy) is 1. The summed E-state index contributed by atoms with van der Waals surface area (Å²) >= 11 is 5.24. The Bertz CT molecular complexity index is 1700. The molecule has 0 atom stereocenters. The van der Waals surface area contributed by atoms with Crippen molar-refractivity contribution in [3.8, 4) is 40.4 Å². The molecule has 1 aliphatic heterocycles. The lowest BCUT2D eigenvalue weighted by Gasteiger charge is -2.10. The summed E-state index contributed by atoms with van der Waals surface area (Å²) in [6, 6.07) is 24.9. The van der Waals surface area contributed by atoms with E-state index in [9.17, 15) is 14.7 Å². The minimum absolute atomic E-state index is 0.0184. The zero-order chi connectivity index (χ0) is 27.6. The number of aryl methyl sites for hydroxylation is 2. The van der Waals surface area contributed by atoms with Gasteiger partial charge in [0.25, 0.3) is 0 Å². The Labute approximate surface area is 245 Å². The molecule has 4 heterocycles. The van der Waals surface area contributed by atoms with E-state index in [0.29, 0.717) is 32.3 Å². The largest absolute Gasteiger partial charge is 0.461 e. The minimum Gasteiger partial charge on any atom is -0.461 e. The van der Waals surface area contributed by atoms with Gasteiger partial charge >= 0.3 is 5.97 Å². The summed E-state index contributed by atoms with van der Waals surface area (Å²) < 4.78 is 5.55. The minimum atomic E-state index is -0.174. The smallest absolute Gasteiger partial charge is 0.306 e. The molecule has 6 rings (SSSR count). The molecular formula is C33H28O4S3. The molecule has 0 spiro atoms. The van der Waals surface area contributed by atoms with Crippen LogP contribution in [0.3, 0.4) is 0 Å². The molecule has 0 amide bonds. The Kier molecular flexibility index (Phi) is 7.80. The first-order valence-corrected chi connectivity index (χ1v) is 15.7. The third-order valence-electron chi connectivity index (χ3n) is 7.14. The van der Waals surface area contributed by atoms with E-state index in [4.69, 9.17) is 4.74 Å². The maximum atomic E-state index is 12.4. The van der Waals surface area contributed by atoms with Gasteiger partial charge in [-0.3, -0.25) is 4.79 Å². The molecule has 0 radical (unpaired) electrons. The number of fused-ring (bicyclic) bond motifs is 4. The van der Waals surface area contributed by atoms with Crippen molar-refractivity contribution in [2.45, 2.75) is 45.8 Å². The molecule has 1 N–H and O–H groups in total. The van der Waals surface area contributed by atoms with E-state index < -0.39 is 0 Å². The normalized spacial score (nSPS) is 13.1. The highest BCUT2D eigenvalue weighted by Gasteiger charge is 2.21. The third kappa shape index (κ3) is 5.47. The lowest BCUT2D eigenvalue weighted by molar-refractivity contribution is -0.144. The van der Waals surface area contributed by atoms with Crippen molar-refractivity contribution in [1.82, 2.24) is 0 Å². The van der Waals surface area contributed by atoms with E-state index in [1.807, 2.05) is 42.5 Å². The Balaban J connectivity index is 1.41. The van der Waals surface area contributed by atoms with Crippen molar-refractivity contribution in [1.29, 1.82) is 0 Å². The molecular weight excluding hydrogens is 557 g/mol. The van der Waals surface area contributed by atoms with Crippen LogP contribution in [0.25, 0.3) is 40.4 Å². The molecule has 0 saturated heterocycles. The third-order valence-corrected chi connectivity index (χ3v) is 11.0. The van der Waals surface area contributed by atoms with E-state index in [-0.39, 0.29) is 18.4 Å². The van der Waals surface area contributed by atoms with Gasteiger partial charge in [0.15, 0.2) is 0 Å². The second kappa shape index (κ2) is 11.6. The fourth-order valence-corrected chi connectivity index (χ4v) is 8.89. The van der Waals surface area contributed by atoms with Crippen molar-refractivity contribution in [3.63, 3.8) is 0 Å². The van der Waals surface area contributed by atoms with Gasteiger partial charge < -0.3 is 14.6 Å². The molecule has 3 aromatic heterocycles. The summed E-state index contributed by atoms with van der Waals surface area (Å²) in [6.45, 7) is 1.91. The Morgan fingerprint density at radius 1 is 0.775 bits per heavy atom. The summed E-state index contributed by atoms with van der Waals surface area (Å²) in [5.41, 5.74) is 6.39. The van der Waals surface area contributed by atoms with E-state index in [2.05, 4.69) is 30.3 Å². The maximum absolute atomic E-state index is 12.4. The highest BCUT2D eigenvalue weighted by molar-refractivity contribution is 7.28.